The lowest BCUT2D eigenvalue weighted by molar-refractivity contribution is 0.0796. The zero-order valence-electron chi connectivity index (χ0n) is 13.3. The number of nitrogens with zero attached hydrogens (tertiary/aromatic N) is 1. The van der Waals surface area contributed by atoms with Crippen LogP contribution in [0, 0.1) is 0 Å². The van der Waals surface area contributed by atoms with Gasteiger partial charge in [0.15, 0.2) is 0 Å². The molecule has 0 unspecified atom stereocenters. The Bertz CT molecular complexity index is 574. The molecule has 0 radical (unpaired) electrons. The molecule has 126 valence electrons. The van der Waals surface area contributed by atoms with Gasteiger partial charge in [-0.15, -0.1) is 12.4 Å². The summed E-state index contributed by atoms with van der Waals surface area (Å²) >= 11 is 0. The van der Waals surface area contributed by atoms with Crippen molar-refractivity contribution in [2.24, 2.45) is 0 Å². The Kier molecular flexibility index (Phi) is 8.62. The van der Waals surface area contributed by atoms with Crippen LogP contribution in [0.25, 0.3) is 0 Å². The van der Waals surface area contributed by atoms with Gasteiger partial charge in [-0.2, -0.15) is 0 Å². The average Bonchev–Trinajstić information content (AvgIpc) is 2.42. The van der Waals surface area contributed by atoms with Crippen molar-refractivity contribution in [3.63, 3.8) is 0 Å². The lowest BCUT2D eigenvalue weighted by Crippen LogP contribution is -2.33. The molecule has 1 amide bonds. The smallest absolute Gasteiger partial charge is 0.253 e. The zero-order chi connectivity index (χ0) is 16.0. The van der Waals surface area contributed by atoms with E-state index in [0.717, 1.165) is 0 Å². The highest BCUT2D eigenvalue weighted by Crippen LogP contribution is 2.12. The Morgan fingerprint density at radius 1 is 1.23 bits per heavy atom. The average molecular weight is 350 g/mol. The van der Waals surface area contributed by atoms with Crippen LogP contribution in [0.4, 0.5) is 0 Å². The number of likely N-dealkylation sites (N-methyl/N-ethyl adjacent to an activating group) is 2. The second kappa shape index (κ2) is 9.09. The van der Waals surface area contributed by atoms with Gasteiger partial charge in [0.2, 0.25) is 10.0 Å². The number of hydrogen-bond donors (Lipinski definition) is 2. The van der Waals surface area contributed by atoms with Gasteiger partial charge >= 0.3 is 0 Å². The molecular formula is C14H24ClN3O3S. The van der Waals surface area contributed by atoms with E-state index in [2.05, 4.69) is 10.0 Å². The molecular weight excluding hydrogens is 326 g/mol. The summed E-state index contributed by atoms with van der Waals surface area (Å²) in [7, 11) is 0.0108. The molecule has 0 aliphatic rings. The molecule has 0 saturated carbocycles. The summed E-state index contributed by atoms with van der Waals surface area (Å²) in [6.45, 7) is 4.80. The molecule has 6 nitrogen and oxygen atoms in total. The molecule has 0 aliphatic carbocycles. The number of carbonyl (C=O) groups excluding carboxylic acids is 1. The van der Waals surface area contributed by atoms with Gasteiger partial charge < -0.3 is 10.2 Å². The number of rotatable bonds is 7. The number of halogens is 1. The summed E-state index contributed by atoms with van der Waals surface area (Å²) in [5, 5.41) is 2.97. The van der Waals surface area contributed by atoms with Crippen molar-refractivity contribution in [2.75, 3.05) is 27.2 Å². The van der Waals surface area contributed by atoms with E-state index in [4.69, 9.17) is 0 Å². The van der Waals surface area contributed by atoms with Crippen LogP contribution in [-0.2, 0) is 10.0 Å². The maximum atomic E-state index is 12.1. The maximum absolute atomic E-state index is 12.1. The standard InChI is InChI=1S/C14H23N3O3S.ClH/c1-11(2)16-21(19,20)13-7-5-12(6-8-13)14(18)17(4)10-9-15-3;/h5-8,11,15-16H,9-10H2,1-4H3;1H. The van der Waals surface area contributed by atoms with Crippen molar-refractivity contribution in [3.8, 4) is 0 Å². The van der Waals surface area contributed by atoms with E-state index >= 15 is 0 Å². The third-order valence-electron chi connectivity index (χ3n) is 2.85. The van der Waals surface area contributed by atoms with Crippen molar-refractivity contribution in [3.05, 3.63) is 29.8 Å². The van der Waals surface area contributed by atoms with Gasteiger partial charge in [-0.3, -0.25) is 4.79 Å². The Balaban J connectivity index is 0.00000441. The molecule has 0 aliphatic heterocycles. The third-order valence-corrected chi connectivity index (χ3v) is 4.52. The van der Waals surface area contributed by atoms with Gasteiger partial charge in [0.25, 0.3) is 5.91 Å². The number of nitrogens with one attached hydrogen (secondary N) is 2. The molecule has 0 spiro atoms. The molecule has 1 rings (SSSR count). The largest absolute Gasteiger partial charge is 0.340 e. The fourth-order valence-corrected chi connectivity index (χ4v) is 3.01. The first-order chi connectivity index (χ1) is 9.77. The summed E-state index contributed by atoms with van der Waals surface area (Å²) in [5.74, 6) is -0.133. The monoisotopic (exact) mass is 349 g/mol. The molecule has 1 aromatic carbocycles. The van der Waals surface area contributed by atoms with Crippen LogP contribution in [0.2, 0.25) is 0 Å². The Morgan fingerprint density at radius 3 is 2.23 bits per heavy atom. The Morgan fingerprint density at radius 2 is 1.77 bits per heavy atom. The minimum absolute atomic E-state index is 0. The molecule has 0 heterocycles. The van der Waals surface area contributed by atoms with Gasteiger partial charge in [0.05, 0.1) is 4.90 Å². The van der Waals surface area contributed by atoms with Gasteiger partial charge in [-0.25, -0.2) is 13.1 Å². The fraction of sp³-hybridized carbons (Fsp3) is 0.500. The summed E-state index contributed by atoms with van der Waals surface area (Å²) in [6, 6.07) is 5.79. The summed E-state index contributed by atoms with van der Waals surface area (Å²) in [6.07, 6.45) is 0. The lowest BCUT2D eigenvalue weighted by atomic mass is 10.2. The van der Waals surface area contributed by atoms with Crippen LogP contribution in [0.1, 0.15) is 24.2 Å². The van der Waals surface area contributed by atoms with Gasteiger partial charge in [0, 0.05) is 31.7 Å². The molecule has 0 saturated heterocycles. The van der Waals surface area contributed by atoms with E-state index in [1.54, 1.807) is 25.8 Å². The maximum Gasteiger partial charge on any atom is 0.253 e. The fourth-order valence-electron chi connectivity index (χ4n) is 1.76. The van der Waals surface area contributed by atoms with Gasteiger partial charge in [0.1, 0.15) is 0 Å². The highest BCUT2D eigenvalue weighted by atomic mass is 35.5. The van der Waals surface area contributed by atoms with E-state index in [-0.39, 0.29) is 29.3 Å². The molecule has 0 fully saturated rings. The van der Waals surface area contributed by atoms with Crippen LogP contribution < -0.4 is 10.0 Å². The normalized spacial score (nSPS) is 11.1. The van der Waals surface area contributed by atoms with E-state index in [1.807, 2.05) is 7.05 Å². The Labute approximate surface area is 138 Å². The number of amides is 1. The number of carbonyl (C=O) groups is 1. The van der Waals surface area contributed by atoms with E-state index in [0.29, 0.717) is 18.7 Å². The second-order valence-corrected chi connectivity index (χ2v) is 6.84. The Hall–Kier alpha value is -1.15. The summed E-state index contributed by atoms with van der Waals surface area (Å²) in [4.78, 5) is 13.9. The first kappa shape index (κ1) is 20.9. The quantitative estimate of drug-likeness (QED) is 0.772. The molecule has 22 heavy (non-hydrogen) atoms. The first-order valence-corrected chi connectivity index (χ1v) is 8.28. The highest BCUT2D eigenvalue weighted by Gasteiger charge is 2.17. The van der Waals surface area contributed by atoms with Crippen LogP contribution in [-0.4, -0.2) is 52.5 Å². The topological polar surface area (TPSA) is 78.5 Å². The third kappa shape index (κ3) is 5.92. The molecule has 1 aromatic rings. The minimum atomic E-state index is -3.52. The van der Waals surface area contributed by atoms with Crippen molar-refractivity contribution in [2.45, 2.75) is 24.8 Å². The van der Waals surface area contributed by atoms with Crippen molar-refractivity contribution < 1.29 is 13.2 Å². The number of sulfonamides is 1. The predicted molar refractivity (Wildman–Crippen MR) is 90.0 cm³/mol. The van der Waals surface area contributed by atoms with Crippen LogP contribution in [0.3, 0.4) is 0 Å². The molecule has 0 aromatic heterocycles. The second-order valence-electron chi connectivity index (χ2n) is 5.13. The van der Waals surface area contributed by atoms with Crippen molar-refractivity contribution >= 4 is 28.3 Å². The molecule has 0 atom stereocenters. The molecule has 8 heteroatoms. The number of hydrogen-bond acceptors (Lipinski definition) is 4. The predicted octanol–water partition coefficient (Wildman–Crippen LogP) is 1.09. The zero-order valence-corrected chi connectivity index (χ0v) is 14.9. The highest BCUT2D eigenvalue weighted by molar-refractivity contribution is 7.89. The van der Waals surface area contributed by atoms with Crippen LogP contribution in [0.15, 0.2) is 29.2 Å². The van der Waals surface area contributed by atoms with Crippen LogP contribution in [0.5, 0.6) is 0 Å². The van der Waals surface area contributed by atoms with Crippen molar-refractivity contribution in [1.29, 1.82) is 0 Å². The molecule has 0 bridgehead atoms. The van der Waals surface area contributed by atoms with Gasteiger partial charge in [-0.05, 0) is 45.2 Å². The summed E-state index contributed by atoms with van der Waals surface area (Å²) in [5.41, 5.74) is 0.470. The minimum Gasteiger partial charge on any atom is -0.340 e. The first-order valence-electron chi connectivity index (χ1n) is 6.80. The van der Waals surface area contributed by atoms with Crippen molar-refractivity contribution in [1.82, 2.24) is 14.9 Å². The van der Waals surface area contributed by atoms with E-state index < -0.39 is 10.0 Å². The van der Waals surface area contributed by atoms with Gasteiger partial charge in [-0.1, -0.05) is 0 Å². The number of benzene rings is 1. The molecule has 2 N–H and O–H groups in total. The van der Waals surface area contributed by atoms with E-state index in [1.165, 1.54) is 24.3 Å². The lowest BCUT2D eigenvalue weighted by Gasteiger charge is -2.17. The SMILES string of the molecule is CNCCN(C)C(=O)c1ccc(S(=O)(=O)NC(C)C)cc1.Cl. The van der Waals surface area contributed by atoms with Crippen LogP contribution >= 0.6 is 12.4 Å². The van der Waals surface area contributed by atoms with E-state index in [9.17, 15) is 13.2 Å². The summed E-state index contributed by atoms with van der Waals surface area (Å²) < 4.78 is 26.5.